The van der Waals surface area contributed by atoms with Gasteiger partial charge < -0.3 is 21.1 Å². The predicted molar refractivity (Wildman–Crippen MR) is 96.3 cm³/mol. The summed E-state index contributed by atoms with van der Waals surface area (Å²) in [5, 5.41) is 5.92. The summed E-state index contributed by atoms with van der Waals surface area (Å²) in [6.45, 7) is 6.04. The molecule has 0 spiro atoms. The van der Waals surface area contributed by atoms with E-state index >= 15 is 0 Å². The van der Waals surface area contributed by atoms with Gasteiger partial charge in [-0.1, -0.05) is 12.1 Å². The van der Waals surface area contributed by atoms with Gasteiger partial charge in [0.2, 0.25) is 0 Å². The van der Waals surface area contributed by atoms with E-state index in [2.05, 4.69) is 15.6 Å². The first-order chi connectivity index (χ1) is 11.3. The van der Waals surface area contributed by atoms with Gasteiger partial charge in [0.1, 0.15) is 5.60 Å². The Kier molecular flexibility index (Phi) is 5.63. The number of carbonyl (C=O) groups excluding carboxylic acids is 1. The number of amides is 1. The van der Waals surface area contributed by atoms with E-state index in [1.165, 1.54) is 0 Å². The number of hydrogen-bond acceptors (Lipinski definition) is 5. The van der Waals surface area contributed by atoms with E-state index in [-0.39, 0.29) is 0 Å². The van der Waals surface area contributed by atoms with Crippen LogP contribution < -0.4 is 16.4 Å². The van der Waals surface area contributed by atoms with Crippen LogP contribution in [0, 0.1) is 0 Å². The molecule has 24 heavy (non-hydrogen) atoms. The number of aromatic nitrogens is 1. The summed E-state index contributed by atoms with van der Waals surface area (Å²) < 4.78 is 5.19. The fraction of sp³-hybridized carbons (Fsp3) is 0.333. The normalized spacial score (nSPS) is 11.0. The Bertz CT molecular complexity index is 678. The Hall–Kier alpha value is -2.76. The fourth-order valence-electron chi connectivity index (χ4n) is 2.04. The van der Waals surface area contributed by atoms with E-state index in [0.717, 1.165) is 17.7 Å². The first-order valence-electron chi connectivity index (χ1n) is 7.87. The summed E-state index contributed by atoms with van der Waals surface area (Å²) in [6, 6.07) is 11.5. The summed E-state index contributed by atoms with van der Waals surface area (Å²) in [6.07, 6.45) is 2.02. The molecule has 0 aliphatic carbocycles. The lowest BCUT2D eigenvalue weighted by Crippen LogP contribution is -2.33. The van der Waals surface area contributed by atoms with Crippen molar-refractivity contribution in [2.45, 2.75) is 32.8 Å². The van der Waals surface area contributed by atoms with Crippen LogP contribution in [0.15, 0.2) is 42.6 Å². The van der Waals surface area contributed by atoms with Gasteiger partial charge in [0.25, 0.3) is 0 Å². The van der Waals surface area contributed by atoms with Gasteiger partial charge in [-0.3, -0.25) is 0 Å². The van der Waals surface area contributed by atoms with Crippen LogP contribution in [0.4, 0.5) is 22.0 Å². The highest BCUT2D eigenvalue weighted by Gasteiger charge is 2.15. The van der Waals surface area contributed by atoms with Crippen LogP contribution in [0.25, 0.3) is 0 Å². The molecule has 0 saturated carbocycles. The van der Waals surface area contributed by atoms with Crippen molar-refractivity contribution in [2.75, 3.05) is 17.6 Å². The molecule has 1 heterocycles. The van der Waals surface area contributed by atoms with Crippen LogP contribution in [-0.4, -0.2) is 23.2 Å². The molecular weight excluding hydrogens is 304 g/mol. The third-order valence-electron chi connectivity index (χ3n) is 3.14. The van der Waals surface area contributed by atoms with Crippen molar-refractivity contribution in [3.63, 3.8) is 0 Å². The minimum atomic E-state index is -0.481. The van der Waals surface area contributed by atoms with Crippen molar-refractivity contribution in [2.24, 2.45) is 0 Å². The maximum absolute atomic E-state index is 11.6. The largest absolute Gasteiger partial charge is 0.444 e. The molecule has 6 heteroatoms. The molecule has 1 aromatic heterocycles. The van der Waals surface area contributed by atoms with E-state index in [0.29, 0.717) is 18.1 Å². The molecule has 2 aromatic rings. The summed E-state index contributed by atoms with van der Waals surface area (Å²) in [4.78, 5) is 15.8. The molecule has 0 radical (unpaired) electrons. The van der Waals surface area contributed by atoms with Gasteiger partial charge in [0, 0.05) is 18.4 Å². The zero-order chi connectivity index (χ0) is 17.6. The van der Waals surface area contributed by atoms with Crippen LogP contribution in [0.2, 0.25) is 0 Å². The number of nitrogen functional groups attached to an aromatic ring is 1. The second-order valence-corrected chi connectivity index (χ2v) is 6.44. The zero-order valence-electron chi connectivity index (χ0n) is 14.3. The number of benzene rings is 1. The van der Waals surface area contributed by atoms with Crippen molar-refractivity contribution in [1.29, 1.82) is 0 Å². The van der Waals surface area contributed by atoms with Crippen LogP contribution in [0.1, 0.15) is 26.3 Å². The number of ether oxygens (including phenoxy) is 1. The standard InChI is InChI=1S/C18H24N4O2/c1-18(2,3)24-17(23)21-12-10-13-6-8-14(9-7-13)22-16-15(19)5-4-11-20-16/h4-9,11H,10,12,19H2,1-3H3,(H,20,22)(H,21,23). The third-order valence-corrected chi connectivity index (χ3v) is 3.14. The topological polar surface area (TPSA) is 89.3 Å². The molecule has 4 N–H and O–H groups in total. The van der Waals surface area contributed by atoms with Gasteiger partial charge in [-0.15, -0.1) is 0 Å². The average Bonchev–Trinajstić information content (AvgIpc) is 2.49. The van der Waals surface area contributed by atoms with E-state index in [4.69, 9.17) is 10.5 Å². The minimum Gasteiger partial charge on any atom is -0.444 e. The fourth-order valence-corrected chi connectivity index (χ4v) is 2.04. The van der Waals surface area contributed by atoms with Crippen LogP contribution in [0.3, 0.4) is 0 Å². The van der Waals surface area contributed by atoms with E-state index < -0.39 is 11.7 Å². The van der Waals surface area contributed by atoms with Gasteiger partial charge in [0.15, 0.2) is 5.82 Å². The molecule has 2 rings (SSSR count). The Labute approximate surface area is 142 Å². The number of carbonyl (C=O) groups is 1. The summed E-state index contributed by atoms with van der Waals surface area (Å²) in [5.74, 6) is 0.636. The highest BCUT2D eigenvalue weighted by molar-refractivity contribution is 5.68. The Morgan fingerprint density at radius 2 is 1.92 bits per heavy atom. The summed E-state index contributed by atoms with van der Waals surface area (Å²) in [7, 11) is 0. The lowest BCUT2D eigenvalue weighted by molar-refractivity contribution is 0.0528. The second kappa shape index (κ2) is 7.68. The number of pyridine rings is 1. The lowest BCUT2D eigenvalue weighted by atomic mass is 10.1. The first-order valence-corrected chi connectivity index (χ1v) is 7.87. The molecule has 1 amide bonds. The maximum atomic E-state index is 11.6. The van der Waals surface area contributed by atoms with Crippen LogP contribution in [-0.2, 0) is 11.2 Å². The molecule has 0 aliphatic rings. The second-order valence-electron chi connectivity index (χ2n) is 6.44. The van der Waals surface area contributed by atoms with Crippen molar-refractivity contribution in [3.8, 4) is 0 Å². The van der Waals surface area contributed by atoms with Crippen molar-refractivity contribution >= 4 is 23.3 Å². The Balaban J connectivity index is 1.82. The van der Waals surface area contributed by atoms with Crippen molar-refractivity contribution < 1.29 is 9.53 Å². The van der Waals surface area contributed by atoms with Crippen LogP contribution >= 0.6 is 0 Å². The molecule has 0 fully saturated rings. The van der Waals surface area contributed by atoms with Gasteiger partial charge in [-0.05, 0) is 57.0 Å². The van der Waals surface area contributed by atoms with E-state index in [1.807, 2.05) is 45.0 Å². The number of rotatable bonds is 5. The SMILES string of the molecule is CC(C)(C)OC(=O)NCCc1ccc(Nc2ncccc2N)cc1. The maximum Gasteiger partial charge on any atom is 0.407 e. The molecule has 0 unspecified atom stereocenters. The molecule has 6 nitrogen and oxygen atoms in total. The Morgan fingerprint density at radius 1 is 1.21 bits per heavy atom. The number of anilines is 3. The molecule has 0 atom stereocenters. The molecular formula is C18H24N4O2. The smallest absolute Gasteiger partial charge is 0.407 e. The van der Waals surface area contributed by atoms with Crippen molar-refractivity contribution in [1.82, 2.24) is 10.3 Å². The number of alkyl carbamates (subject to hydrolysis) is 1. The average molecular weight is 328 g/mol. The number of hydrogen-bond donors (Lipinski definition) is 3. The van der Waals surface area contributed by atoms with Crippen molar-refractivity contribution in [3.05, 3.63) is 48.2 Å². The predicted octanol–water partition coefficient (Wildman–Crippen LogP) is 3.47. The van der Waals surface area contributed by atoms with E-state index in [1.54, 1.807) is 18.3 Å². The molecule has 128 valence electrons. The summed E-state index contributed by atoms with van der Waals surface area (Å²) >= 11 is 0. The Morgan fingerprint density at radius 3 is 2.54 bits per heavy atom. The molecule has 0 saturated heterocycles. The molecule has 1 aromatic carbocycles. The highest BCUT2D eigenvalue weighted by atomic mass is 16.6. The first kappa shape index (κ1) is 17.6. The zero-order valence-corrected chi connectivity index (χ0v) is 14.3. The minimum absolute atomic E-state index is 0.397. The van der Waals surface area contributed by atoms with Gasteiger partial charge in [-0.25, -0.2) is 9.78 Å². The van der Waals surface area contributed by atoms with E-state index in [9.17, 15) is 4.79 Å². The number of nitrogens with one attached hydrogen (secondary N) is 2. The lowest BCUT2D eigenvalue weighted by Gasteiger charge is -2.19. The highest BCUT2D eigenvalue weighted by Crippen LogP contribution is 2.20. The van der Waals surface area contributed by atoms with Gasteiger partial charge in [0.05, 0.1) is 5.69 Å². The molecule has 0 bridgehead atoms. The molecule has 0 aliphatic heterocycles. The summed E-state index contributed by atoms with van der Waals surface area (Å²) in [5.41, 5.74) is 8.00. The van der Waals surface area contributed by atoms with Gasteiger partial charge >= 0.3 is 6.09 Å². The monoisotopic (exact) mass is 328 g/mol. The third kappa shape index (κ3) is 5.79. The van der Waals surface area contributed by atoms with Crippen LogP contribution in [0.5, 0.6) is 0 Å². The quantitative estimate of drug-likeness (QED) is 0.782. The number of nitrogens with zero attached hydrogens (tertiary/aromatic N) is 1. The number of nitrogens with two attached hydrogens (primary N) is 1. The van der Waals surface area contributed by atoms with Gasteiger partial charge in [-0.2, -0.15) is 0 Å².